The molecule has 0 spiro atoms. The molecule has 2 aromatic rings. The predicted molar refractivity (Wildman–Crippen MR) is 117 cm³/mol. The van der Waals surface area contributed by atoms with Crippen LogP contribution in [0.4, 0.5) is 17.6 Å². The first-order chi connectivity index (χ1) is 17.0. The first-order valence-electron chi connectivity index (χ1n) is 10.9. The van der Waals surface area contributed by atoms with Crippen LogP contribution in [0.5, 0.6) is 0 Å². The second-order valence-electron chi connectivity index (χ2n) is 8.15. The van der Waals surface area contributed by atoms with E-state index in [-0.39, 0.29) is 65.9 Å². The summed E-state index contributed by atoms with van der Waals surface area (Å²) < 4.78 is 57.2. The third-order valence-corrected chi connectivity index (χ3v) is 5.79. The van der Waals surface area contributed by atoms with E-state index in [2.05, 4.69) is 10.6 Å². The molecule has 0 aromatic heterocycles. The number of rotatable bonds is 5. The van der Waals surface area contributed by atoms with E-state index in [1.807, 2.05) is 0 Å². The van der Waals surface area contributed by atoms with Crippen LogP contribution in [0.2, 0.25) is 0 Å². The SMILES string of the molecule is CCOC(=O)C1C(=O)NC[C@@H]1c1cc(F)cc(F)c1.O=C(O)C1C(=O)NC[C@@H]1c1cc(F)cc(F)c1.[Na+].[OH-]. The van der Waals surface area contributed by atoms with Gasteiger partial charge in [-0.05, 0) is 42.3 Å². The molecule has 0 bridgehead atoms. The first-order valence-corrected chi connectivity index (χ1v) is 10.9. The van der Waals surface area contributed by atoms with E-state index in [1.165, 1.54) is 0 Å². The summed E-state index contributed by atoms with van der Waals surface area (Å²) in [6, 6.07) is 5.78. The van der Waals surface area contributed by atoms with Crippen LogP contribution in [0.15, 0.2) is 36.4 Å². The molecule has 14 heteroatoms. The van der Waals surface area contributed by atoms with E-state index in [4.69, 9.17) is 9.84 Å². The largest absolute Gasteiger partial charge is 1.00 e. The van der Waals surface area contributed by atoms with Gasteiger partial charge in [-0.3, -0.25) is 19.2 Å². The van der Waals surface area contributed by atoms with Gasteiger partial charge in [0.05, 0.1) is 6.61 Å². The summed E-state index contributed by atoms with van der Waals surface area (Å²) in [5, 5.41) is 13.8. The number of hydrogen-bond acceptors (Lipinski definition) is 6. The van der Waals surface area contributed by atoms with Gasteiger partial charge in [-0.25, -0.2) is 17.6 Å². The van der Waals surface area contributed by atoms with Gasteiger partial charge in [-0.2, -0.15) is 0 Å². The zero-order valence-electron chi connectivity index (χ0n) is 20.3. The van der Waals surface area contributed by atoms with Gasteiger partial charge < -0.3 is 26.0 Å². The van der Waals surface area contributed by atoms with Crippen LogP contribution in [0.1, 0.15) is 29.9 Å². The number of ether oxygens (including phenoxy) is 1. The molecule has 2 aliphatic heterocycles. The van der Waals surface area contributed by atoms with Crippen LogP contribution < -0.4 is 40.2 Å². The Balaban J connectivity index is 0.000000363. The van der Waals surface area contributed by atoms with E-state index >= 15 is 0 Å². The normalized spacial score (nSPS) is 21.6. The third-order valence-electron chi connectivity index (χ3n) is 5.79. The van der Waals surface area contributed by atoms with Crippen molar-refractivity contribution in [3.05, 3.63) is 70.8 Å². The molecular formula is C24H23F4N2NaO7. The van der Waals surface area contributed by atoms with E-state index in [9.17, 15) is 36.7 Å². The van der Waals surface area contributed by atoms with Crippen LogP contribution in [-0.4, -0.2) is 54.0 Å². The molecule has 9 nitrogen and oxygen atoms in total. The van der Waals surface area contributed by atoms with Crippen LogP contribution >= 0.6 is 0 Å². The molecule has 4 N–H and O–H groups in total. The Hall–Kier alpha value is -3.00. The minimum absolute atomic E-state index is 0. The third kappa shape index (κ3) is 7.76. The van der Waals surface area contributed by atoms with Crippen molar-refractivity contribution in [1.82, 2.24) is 10.6 Å². The molecule has 2 aliphatic rings. The van der Waals surface area contributed by atoms with E-state index in [1.54, 1.807) is 6.92 Å². The number of carboxylic acid groups (broad SMARTS) is 1. The Morgan fingerprint density at radius 3 is 1.55 bits per heavy atom. The molecule has 38 heavy (non-hydrogen) atoms. The van der Waals surface area contributed by atoms with Gasteiger partial charge in [0.1, 0.15) is 35.1 Å². The number of halogens is 4. The average molecular weight is 550 g/mol. The molecule has 0 saturated carbocycles. The minimum Gasteiger partial charge on any atom is -0.870 e. The minimum atomic E-state index is -1.30. The Bertz CT molecular complexity index is 1160. The number of esters is 1. The summed E-state index contributed by atoms with van der Waals surface area (Å²) in [7, 11) is 0. The van der Waals surface area contributed by atoms with Gasteiger partial charge >= 0.3 is 41.5 Å². The summed E-state index contributed by atoms with van der Waals surface area (Å²) in [6.07, 6.45) is 0. The summed E-state index contributed by atoms with van der Waals surface area (Å²) in [6.45, 7) is 2.00. The molecule has 2 aromatic carbocycles. The second kappa shape index (κ2) is 14.2. The molecular weight excluding hydrogens is 527 g/mol. The molecule has 200 valence electrons. The van der Waals surface area contributed by atoms with Crippen LogP contribution in [0.25, 0.3) is 0 Å². The predicted octanol–water partition coefficient (Wildman–Crippen LogP) is -0.936. The molecule has 2 saturated heterocycles. The molecule has 2 heterocycles. The van der Waals surface area contributed by atoms with E-state index in [0.717, 1.165) is 30.3 Å². The monoisotopic (exact) mass is 550 g/mol. The number of hydrogen-bond donors (Lipinski definition) is 3. The van der Waals surface area contributed by atoms with Gasteiger partial charge in [-0.1, -0.05) is 0 Å². The van der Waals surface area contributed by atoms with Crippen molar-refractivity contribution >= 4 is 23.8 Å². The second-order valence-corrected chi connectivity index (χ2v) is 8.15. The molecule has 4 atom stereocenters. The maximum atomic E-state index is 13.2. The fourth-order valence-corrected chi connectivity index (χ4v) is 4.23. The quantitative estimate of drug-likeness (QED) is 0.188. The maximum absolute atomic E-state index is 13.2. The molecule has 2 unspecified atom stereocenters. The number of carboxylic acids is 1. The van der Waals surface area contributed by atoms with Gasteiger partial charge in [0.25, 0.3) is 0 Å². The van der Waals surface area contributed by atoms with Crippen LogP contribution in [-0.2, 0) is 23.9 Å². The average Bonchev–Trinajstić information content (AvgIpc) is 3.36. The van der Waals surface area contributed by atoms with Crippen molar-refractivity contribution in [3.8, 4) is 0 Å². The number of nitrogens with one attached hydrogen (secondary N) is 2. The van der Waals surface area contributed by atoms with Gasteiger partial charge in [-0.15, -0.1) is 0 Å². The zero-order valence-corrected chi connectivity index (χ0v) is 22.3. The zero-order chi connectivity index (χ0) is 26.6. The number of carbonyl (C=O) groups excluding carboxylic acids is 3. The fraction of sp³-hybridized carbons (Fsp3) is 0.333. The van der Waals surface area contributed by atoms with Crippen molar-refractivity contribution in [3.63, 3.8) is 0 Å². The number of aliphatic carboxylic acids is 1. The van der Waals surface area contributed by atoms with Gasteiger partial charge in [0.2, 0.25) is 11.8 Å². The number of benzene rings is 2. The molecule has 2 amide bonds. The summed E-state index contributed by atoms with van der Waals surface area (Å²) in [5.41, 5.74) is 0.446. The van der Waals surface area contributed by atoms with E-state index in [0.29, 0.717) is 6.07 Å². The summed E-state index contributed by atoms with van der Waals surface area (Å²) >= 11 is 0. The van der Waals surface area contributed by atoms with Crippen molar-refractivity contribution in [2.24, 2.45) is 11.8 Å². The standard InChI is InChI=1S/C13H13F2NO3.C11H9F2NO3.Na.H2O/c1-2-19-13(18)11-10(6-16-12(11)17)7-3-8(14)5-9(15)4-7;12-6-1-5(2-7(13)3-6)8-4-14-10(15)9(8)11(16)17;;/h3-5,10-11H,2,6H2,1H3,(H,16,17);1-3,8-9H,4H2,(H,14,15)(H,16,17);;1H2/q;;+1;/p-1/t10-,11?;8-,9?;;/m11../s1. The van der Waals surface area contributed by atoms with Gasteiger partial charge in [0, 0.05) is 37.1 Å². The Kier molecular flexibility index (Phi) is 12.4. The molecule has 4 rings (SSSR count). The smallest absolute Gasteiger partial charge is 0.870 e. The molecule has 0 aliphatic carbocycles. The van der Waals surface area contributed by atoms with Crippen molar-refractivity contribution < 1.29 is 81.6 Å². The van der Waals surface area contributed by atoms with Gasteiger partial charge in [0.15, 0.2) is 0 Å². The number of amides is 2. The Labute approximate surface area is 236 Å². The Morgan fingerprint density at radius 2 is 1.18 bits per heavy atom. The van der Waals surface area contributed by atoms with Crippen molar-refractivity contribution in [1.29, 1.82) is 0 Å². The molecule has 2 fully saturated rings. The van der Waals surface area contributed by atoms with Crippen molar-refractivity contribution in [2.45, 2.75) is 18.8 Å². The molecule has 0 radical (unpaired) electrons. The maximum Gasteiger partial charge on any atom is 1.00 e. The van der Waals surface area contributed by atoms with Crippen LogP contribution in [0.3, 0.4) is 0 Å². The van der Waals surface area contributed by atoms with Crippen LogP contribution in [0, 0.1) is 35.1 Å². The topological polar surface area (TPSA) is 152 Å². The first kappa shape index (κ1) is 33.0. The summed E-state index contributed by atoms with van der Waals surface area (Å²) in [4.78, 5) is 45.6. The summed E-state index contributed by atoms with van der Waals surface area (Å²) in [5.74, 6) is -9.85. The van der Waals surface area contributed by atoms with E-state index < -0.39 is 70.7 Å². The van der Waals surface area contributed by atoms with Crippen molar-refractivity contribution in [2.75, 3.05) is 19.7 Å². The Morgan fingerprint density at radius 1 is 0.816 bits per heavy atom. The number of carbonyl (C=O) groups is 4. The fourth-order valence-electron chi connectivity index (χ4n) is 4.23.